The molecule has 1 atom stereocenters. The number of hydrogen-bond donors (Lipinski definition) is 1. The Bertz CT molecular complexity index is 711. The summed E-state index contributed by atoms with van der Waals surface area (Å²) in [6, 6.07) is 17.3. The number of aryl methyl sites for hydroxylation is 1. The second-order valence-corrected chi connectivity index (χ2v) is 6.64. The summed E-state index contributed by atoms with van der Waals surface area (Å²) >= 11 is 0. The summed E-state index contributed by atoms with van der Waals surface area (Å²) < 4.78 is 0. The standard InChI is InChI=1S/C22H28N2O2/c1-4-8-21(25)24(16-20-9-6-5-7-10-20)18(3)22(26)23-15-19-13-11-17(2)12-14-19/h5-7,9-14,18H,4,8,15-16H2,1-3H3,(H,23,26). The Morgan fingerprint density at radius 1 is 1.00 bits per heavy atom. The van der Waals surface area contributed by atoms with Gasteiger partial charge in [-0.25, -0.2) is 0 Å². The number of hydrogen-bond acceptors (Lipinski definition) is 2. The molecule has 0 aliphatic heterocycles. The first-order valence-corrected chi connectivity index (χ1v) is 9.18. The Morgan fingerprint density at radius 2 is 1.65 bits per heavy atom. The fraction of sp³-hybridized carbons (Fsp3) is 0.364. The van der Waals surface area contributed by atoms with Crippen molar-refractivity contribution in [2.24, 2.45) is 0 Å². The van der Waals surface area contributed by atoms with Crippen molar-refractivity contribution >= 4 is 11.8 Å². The van der Waals surface area contributed by atoms with Crippen LogP contribution in [0.25, 0.3) is 0 Å². The zero-order chi connectivity index (χ0) is 18.9. The molecule has 2 rings (SSSR count). The second-order valence-electron chi connectivity index (χ2n) is 6.64. The molecule has 0 bridgehead atoms. The lowest BCUT2D eigenvalue weighted by Gasteiger charge is -2.28. The average molecular weight is 352 g/mol. The van der Waals surface area contributed by atoms with Crippen LogP contribution in [0.2, 0.25) is 0 Å². The molecule has 4 heteroatoms. The minimum absolute atomic E-state index is 0.00865. The molecule has 0 aliphatic rings. The maximum Gasteiger partial charge on any atom is 0.242 e. The SMILES string of the molecule is CCCC(=O)N(Cc1ccccc1)C(C)C(=O)NCc1ccc(C)cc1. The van der Waals surface area contributed by atoms with Crippen molar-refractivity contribution < 1.29 is 9.59 Å². The van der Waals surface area contributed by atoms with Crippen molar-refractivity contribution in [3.05, 3.63) is 71.3 Å². The van der Waals surface area contributed by atoms with Crippen LogP contribution >= 0.6 is 0 Å². The van der Waals surface area contributed by atoms with Crippen LogP contribution in [0.4, 0.5) is 0 Å². The summed E-state index contributed by atoms with van der Waals surface area (Å²) in [6.07, 6.45) is 1.21. The van der Waals surface area contributed by atoms with Gasteiger partial charge in [-0.1, -0.05) is 67.1 Å². The molecule has 2 aromatic rings. The predicted octanol–water partition coefficient (Wildman–Crippen LogP) is 3.83. The van der Waals surface area contributed by atoms with Crippen LogP contribution in [0.1, 0.15) is 43.4 Å². The van der Waals surface area contributed by atoms with Gasteiger partial charge in [0.05, 0.1) is 0 Å². The van der Waals surface area contributed by atoms with Gasteiger partial charge >= 0.3 is 0 Å². The van der Waals surface area contributed by atoms with Crippen LogP contribution < -0.4 is 5.32 Å². The molecule has 0 radical (unpaired) electrons. The van der Waals surface area contributed by atoms with Crippen LogP contribution in [0.3, 0.4) is 0 Å². The van der Waals surface area contributed by atoms with E-state index >= 15 is 0 Å². The molecule has 0 heterocycles. The van der Waals surface area contributed by atoms with E-state index in [-0.39, 0.29) is 11.8 Å². The van der Waals surface area contributed by atoms with Crippen molar-refractivity contribution in [1.29, 1.82) is 0 Å². The fourth-order valence-corrected chi connectivity index (χ4v) is 2.76. The largest absolute Gasteiger partial charge is 0.350 e. The highest BCUT2D eigenvalue weighted by molar-refractivity contribution is 5.87. The third-order valence-electron chi connectivity index (χ3n) is 4.41. The predicted molar refractivity (Wildman–Crippen MR) is 104 cm³/mol. The van der Waals surface area contributed by atoms with Crippen LogP contribution in [-0.2, 0) is 22.7 Å². The molecule has 0 fully saturated rings. The zero-order valence-electron chi connectivity index (χ0n) is 15.9. The Labute approximate surface area is 156 Å². The van der Waals surface area contributed by atoms with Gasteiger partial charge in [-0.05, 0) is 31.4 Å². The van der Waals surface area contributed by atoms with Crippen LogP contribution in [0.15, 0.2) is 54.6 Å². The molecule has 0 saturated carbocycles. The van der Waals surface area contributed by atoms with Crippen molar-refractivity contribution in [3.63, 3.8) is 0 Å². The van der Waals surface area contributed by atoms with Crippen molar-refractivity contribution in [2.75, 3.05) is 0 Å². The molecule has 0 spiro atoms. The lowest BCUT2D eigenvalue weighted by Crippen LogP contribution is -2.47. The summed E-state index contributed by atoms with van der Waals surface area (Å²) in [7, 11) is 0. The van der Waals surface area contributed by atoms with E-state index in [2.05, 4.69) is 5.32 Å². The van der Waals surface area contributed by atoms with Gasteiger partial charge in [-0.3, -0.25) is 9.59 Å². The third-order valence-corrected chi connectivity index (χ3v) is 4.41. The number of rotatable bonds is 8. The van der Waals surface area contributed by atoms with Crippen LogP contribution in [0.5, 0.6) is 0 Å². The number of benzene rings is 2. The molecule has 2 aromatic carbocycles. The Balaban J connectivity index is 2.03. The zero-order valence-corrected chi connectivity index (χ0v) is 15.9. The topological polar surface area (TPSA) is 49.4 Å². The Kier molecular flexibility index (Phi) is 7.39. The van der Waals surface area contributed by atoms with E-state index in [0.717, 1.165) is 17.5 Å². The molecule has 26 heavy (non-hydrogen) atoms. The lowest BCUT2D eigenvalue weighted by molar-refractivity contribution is -0.140. The molecule has 0 aromatic heterocycles. The minimum Gasteiger partial charge on any atom is -0.350 e. The summed E-state index contributed by atoms with van der Waals surface area (Å²) in [5, 5.41) is 2.95. The van der Waals surface area contributed by atoms with Gasteiger partial charge in [0.2, 0.25) is 11.8 Å². The van der Waals surface area contributed by atoms with E-state index in [0.29, 0.717) is 19.5 Å². The Hall–Kier alpha value is -2.62. The van der Waals surface area contributed by atoms with Gasteiger partial charge in [0.25, 0.3) is 0 Å². The highest BCUT2D eigenvalue weighted by Gasteiger charge is 2.25. The summed E-state index contributed by atoms with van der Waals surface area (Å²) in [6.45, 7) is 6.70. The highest BCUT2D eigenvalue weighted by Crippen LogP contribution is 2.12. The van der Waals surface area contributed by atoms with E-state index < -0.39 is 6.04 Å². The quantitative estimate of drug-likeness (QED) is 0.785. The van der Waals surface area contributed by atoms with E-state index in [1.807, 2.05) is 68.4 Å². The maximum atomic E-state index is 12.6. The number of carbonyl (C=O) groups is 2. The maximum absolute atomic E-state index is 12.6. The first-order chi connectivity index (χ1) is 12.5. The van der Waals surface area contributed by atoms with E-state index in [4.69, 9.17) is 0 Å². The van der Waals surface area contributed by atoms with Crippen molar-refractivity contribution in [3.8, 4) is 0 Å². The van der Waals surface area contributed by atoms with Gasteiger partial charge in [0, 0.05) is 19.5 Å². The summed E-state index contributed by atoms with van der Waals surface area (Å²) in [5.41, 5.74) is 3.26. The molecule has 0 saturated heterocycles. The summed E-state index contributed by atoms with van der Waals surface area (Å²) in [4.78, 5) is 26.8. The number of nitrogens with one attached hydrogen (secondary N) is 1. The molecular formula is C22H28N2O2. The monoisotopic (exact) mass is 352 g/mol. The lowest BCUT2D eigenvalue weighted by atomic mass is 10.1. The minimum atomic E-state index is -0.514. The highest BCUT2D eigenvalue weighted by atomic mass is 16.2. The third kappa shape index (κ3) is 5.73. The fourth-order valence-electron chi connectivity index (χ4n) is 2.76. The number of amides is 2. The Morgan fingerprint density at radius 3 is 2.27 bits per heavy atom. The number of carbonyl (C=O) groups excluding carboxylic acids is 2. The van der Waals surface area contributed by atoms with Gasteiger partial charge in [0.15, 0.2) is 0 Å². The second kappa shape index (κ2) is 9.76. The average Bonchev–Trinajstić information content (AvgIpc) is 2.66. The molecule has 1 N–H and O–H groups in total. The van der Waals surface area contributed by atoms with E-state index in [1.54, 1.807) is 11.8 Å². The molecule has 1 unspecified atom stereocenters. The van der Waals surface area contributed by atoms with Gasteiger partial charge in [-0.15, -0.1) is 0 Å². The first-order valence-electron chi connectivity index (χ1n) is 9.18. The van der Waals surface area contributed by atoms with Gasteiger partial charge in [0.1, 0.15) is 6.04 Å². The normalized spacial score (nSPS) is 11.7. The van der Waals surface area contributed by atoms with E-state index in [9.17, 15) is 9.59 Å². The number of nitrogens with zero attached hydrogens (tertiary/aromatic N) is 1. The smallest absolute Gasteiger partial charge is 0.242 e. The van der Waals surface area contributed by atoms with Crippen LogP contribution in [-0.4, -0.2) is 22.8 Å². The molecular weight excluding hydrogens is 324 g/mol. The van der Waals surface area contributed by atoms with Gasteiger partial charge < -0.3 is 10.2 Å². The first kappa shape index (κ1) is 19.7. The van der Waals surface area contributed by atoms with Gasteiger partial charge in [-0.2, -0.15) is 0 Å². The van der Waals surface area contributed by atoms with Crippen molar-refractivity contribution in [2.45, 2.75) is 52.7 Å². The molecule has 138 valence electrons. The van der Waals surface area contributed by atoms with Crippen LogP contribution in [0, 0.1) is 6.92 Å². The van der Waals surface area contributed by atoms with Crippen molar-refractivity contribution in [1.82, 2.24) is 10.2 Å². The summed E-state index contributed by atoms with van der Waals surface area (Å²) in [5.74, 6) is -0.125. The van der Waals surface area contributed by atoms with E-state index in [1.165, 1.54) is 5.56 Å². The molecule has 4 nitrogen and oxygen atoms in total. The molecule has 0 aliphatic carbocycles. The molecule has 2 amide bonds.